The quantitative estimate of drug-likeness (QED) is 0.865. The van der Waals surface area contributed by atoms with Crippen molar-refractivity contribution >= 4 is 6.03 Å². The van der Waals surface area contributed by atoms with Crippen molar-refractivity contribution in [1.82, 2.24) is 10.2 Å². The Kier molecular flexibility index (Phi) is 3.79. The Hall–Kier alpha value is -3.09. The van der Waals surface area contributed by atoms with E-state index >= 15 is 0 Å². The van der Waals surface area contributed by atoms with E-state index in [0.717, 1.165) is 40.2 Å². The molecule has 0 spiro atoms. The van der Waals surface area contributed by atoms with Gasteiger partial charge in [-0.25, -0.2) is 4.79 Å². The summed E-state index contributed by atoms with van der Waals surface area (Å²) in [5, 5.41) is 2.78. The van der Waals surface area contributed by atoms with Crippen molar-refractivity contribution in [3.05, 3.63) is 34.9 Å². The van der Waals surface area contributed by atoms with Gasteiger partial charge in [-0.05, 0) is 41.7 Å². The number of methoxy groups -OCH3 is 2. The average Bonchev–Trinajstić information content (AvgIpc) is 3.20. The van der Waals surface area contributed by atoms with Crippen molar-refractivity contribution in [2.75, 3.05) is 34.6 Å². The molecule has 28 heavy (non-hydrogen) atoms. The molecule has 2 aliphatic heterocycles. The van der Waals surface area contributed by atoms with Gasteiger partial charge in [-0.3, -0.25) is 0 Å². The average molecular weight is 382 g/mol. The fourth-order valence-electron chi connectivity index (χ4n) is 4.72. The van der Waals surface area contributed by atoms with Crippen LogP contribution in [-0.2, 0) is 12.8 Å². The summed E-state index contributed by atoms with van der Waals surface area (Å²) in [6.07, 6.45) is 1.48. The van der Waals surface area contributed by atoms with E-state index in [1.807, 2.05) is 17.0 Å². The zero-order valence-electron chi connectivity index (χ0n) is 16.1. The highest BCUT2D eigenvalue weighted by atomic mass is 16.7. The Morgan fingerprint density at radius 1 is 1.18 bits per heavy atom. The zero-order valence-corrected chi connectivity index (χ0v) is 16.1. The Balaban J connectivity index is 1.83. The molecule has 0 saturated carbocycles. The van der Waals surface area contributed by atoms with Gasteiger partial charge in [0.25, 0.3) is 0 Å². The molecule has 2 aromatic rings. The molecule has 1 aliphatic carbocycles. The number of ether oxygens (including phenoxy) is 4. The standard InChI is InChI=1S/C21H22N2O5/c1-22-21(24)23-7-6-12-9-15-20(28-10-27-15)18-16(12)13(23)8-11-4-5-14(25-2)19(26-3)17(11)18/h4-5,9,13H,6-8,10H2,1-3H3,(H,22,24). The number of amides is 2. The SMILES string of the molecule is CNC(=O)N1CCc2cc3c(c4c2C1Cc1ccc(OC)c(OC)c1-4)OCO3. The van der Waals surface area contributed by atoms with Gasteiger partial charge in [0.15, 0.2) is 23.0 Å². The second kappa shape index (κ2) is 6.22. The molecule has 0 saturated heterocycles. The van der Waals surface area contributed by atoms with Crippen LogP contribution in [-0.4, -0.2) is 45.5 Å². The van der Waals surface area contributed by atoms with E-state index in [9.17, 15) is 4.79 Å². The zero-order chi connectivity index (χ0) is 19.4. The van der Waals surface area contributed by atoms with Gasteiger partial charge < -0.3 is 29.2 Å². The van der Waals surface area contributed by atoms with Crippen molar-refractivity contribution in [1.29, 1.82) is 0 Å². The Bertz CT molecular complexity index is 987. The van der Waals surface area contributed by atoms with Gasteiger partial charge in [0.2, 0.25) is 6.79 Å². The normalized spacial score (nSPS) is 18.2. The van der Waals surface area contributed by atoms with Crippen molar-refractivity contribution < 1.29 is 23.7 Å². The number of urea groups is 1. The van der Waals surface area contributed by atoms with Gasteiger partial charge in [-0.15, -0.1) is 0 Å². The molecule has 0 aromatic heterocycles. The largest absolute Gasteiger partial charge is 0.493 e. The summed E-state index contributed by atoms with van der Waals surface area (Å²) in [4.78, 5) is 14.5. The first-order chi connectivity index (χ1) is 13.7. The third kappa shape index (κ3) is 2.19. The number of fused-ring (bicyclic) bond motifs is 4. The predicted molar refractivity (Wildman–Crippen MR) is 102 cm³/mol. The molecule has 0 radical (unpaired) electrons. The van der Waals surface area contributed by atoms with E-state index < -0.39 is 0 Å². The molecule has 2 heterocycles. The lowest BCUT2D eigenvalue weighted by Gasteiger charge is -2.41. The molecule has 1 unspecified atom stereocenters. The van der Waals surface area contributed by atoms with E-state index in [4.69, 9.17) is 18.9 Å². The molecule has 0 bridgehead atoms. The van der Waals surface area contributed by atoms with Gasteiger partial charge in [0, 0.05) is 24.7 Å². The number of carbonyl (C=O) groups is 1. The summed E-state index contributed by atoms with van der Waals surface area (Å²) in [7, 11) is 4.95. The van der Waals surface area contributed by atoms with Crippen LogP contribution in [0.1, 0.15) is 22.7 Å². The molecule has 7 heteroatoms. The Morgan fingerprint density at radius 3 is 2.79 bits per heavy atom. The molecule has 146 valence electrons. The fourth-order valence-corrected chi connectivity index (χ4v) is 4.72. The highest BCUT2D eigenvalue weighted by Gasteiger charge is 2.41. The van der Waals surface area contributed by atoms with Crippen LogP contribution in [0.15, 0.2) is 18.2 Å². The Morgan fingerprint density at radius 2 is 2.04 bits per heavy atom. The highest BCUT2D eigenvalue weighted by molar-refractivity contribution is 5.90. The van der Waals surface area contributed by atoms with Crippen molar-refractivity contribution in [2.45, 2.75) is 18.9 Å². The van der Waals surface area contributed by atoms with E-state index in [1.165, 1.54) is 5.56 Å². The summed E-state index contributed by atoms with van der Waals surface area (Å²) in [6, 6.07) is 5.90. The van der Waals surface area contributed by atoms with E-state index in [0.29, 0.717) is 24.5 Å². The third-order valence-electron chi connectivity index (χ3n) is 5.89. The molecular formula is C21H22N2O5. The molecule has 3 aliphatic rings. The van der Waals surface area contributed by atoms with Crippen molar-refractivity contribution in [2.24, 2.45) is 0 Å². The lowest BCUT2D eigenvalue weighted by Crippen LogP contribution is -2.46. The van der Waals surface area contributed by atoms with E-state index in [2.05, 4.69) is 11.4 Å². The van der Waals surface area contributed by atoms with Crippen LogP contribution in [0.4, 0.5) is 4.79 Å². The van der Waals surface area contributed by atoms with Gasteiger partial charge in [0.1, 0.15) is 0 Å². The number of nitrogens with zero attached hydrogens (tertiary/aromatic N) is 1. The summed E-state index contributed by atoms with van der Waals surface area (Å²) >= 11 is 0. The predicted octanol–water partition coefficient (Wildman–Crippen LogP) is 2.89. The molecule has 1 N–H and O–H groups in total. The number of carbonyl (C=O) groups excluding carboxylic acids is 1. The smallest absolute Gasteiger partial charge is 0.317 e. The third-order valence-corrected chi connectivity index (χ3v) is 5.89. The van der Waals surface area contributed by atoms with Gasteiger partial charge >= 0.3 is 6.03 Å². The lowest BCUT2D eigenvalue weighted by molar-refractivity contribution is 0.169. The fraction of sp³-hybridized carbons (Fsp3) is 0.381. The minimum absolute atomic E-state index is 0.0567. The Labute approximate surface area is 163 Å². The number of hydrogen-bond donors (Lipinski definition) is 1. The number of benzene rings is 2. The van der Waals surface area contributed by atoms with Gasteiger partial charge in [-0.2, -0.15) is 0 Å². The van der Waals surface area contributed by atoms with Crippen LogP contribution in [0.25, 0.3) is 11.1 Å². The number of nitrogens with one attached hydrogen (secondary N) is 1. The maximum Gasteiger partial charge on any atom is 0.317 e. The van der Waals surface area contributed by atoms with Crippen LogP contribution in [0.3, 0.4) is 0 Å². The minimum Gasteiger partial charge on any atom is -0.493 e. The summed E-state index contributed by atoms with van der Waals surface area (Å²) in [6.45, 7) is 0.857. The highest BCUT2D eigenvalue weighted by Crippen LogP contribution is 2.57. The molecule has 7 nitrogen and oxygen atoms in total. The molecule has 1 atom stereocenters. The van der Waals surface area contributed by atoms with Crippen molar-refractivity contribution in [3.63, 3.8) is 0 Å². The van der Waals surface area contributed by atoms with Crippen LogP contribution >= 0.6 is 0 Å². The maximum atomic E-state index is 12.6. The van der Waals surface area contributed by atoms with Crippen LogP contribution in [0, 0.1) is 0 Å². The maximum absolute atomic E-state index is 12.6. The summed E-state index contributed by atoms with van der Waals surface area (Å²) in [5.74, 6) is 2.82. The number of rotatable bonds is 2. The first-order valence-electron chi connectivity index (χ1n) is 9.35. The van der Waals surface area contributed by atoms with E-state index in [-0.39, 0.29) is 18.9 Å². The first kappa shape index (κ1) is 17.0. The molecule has 2 amide bonds. The first-order valence-corrected chi connectivity index (χ1v) is 9.35. The van der Waals surface area contributed by atoms with Crippen LogP contribution in [0.2, 0.25) is 0 Å². The monoisotopic (exact) mass is 382 g/mol. The van der Waals surface area contributed by atoms with Crippen LogP contribution < -0.4 is 24.3 Å². The minimum atomic E-state index is -0.0665. The second-order valence-electron chi connectivity index (χ2n) is 7.11. The summed E-state index contributed by atoms with van der Waals surface area (Å²) < 4.78 is 22.9. The topological polar surface area (TPSA) is 69.3 Å². The molecule has 5 rings (SSSR count). The molecular weight excluding hydrogens is 360 g/mol. The van der Waals surface area contributed by atoms with Gasteiger partial charge in [-0.1, -0.05) is 6.07 Å². The lowest BCUT2D eigenvalue weighted by atomic mass is 9.76. The molecule has 2 aromatic carbocycles. The van der Waals surface area contributed by atoms with E-state index in [1.54, 1.807) is 21.3 Å². The second-order valence-corrected chi connectivity index (χ2v) is 7.11. The van der Waals surface area contributed by atoms with Gasteiger partial charge in [0.05, 0.1) is 20.3 Å². The molecule has 0 fully saturated rings. The van der Waals surface area contributed by atoms with Crippen molar-refractivity contribution in [3.8, 4) is 34.1 Å². The summed E-state index contributed by atoms with van der Waals surface area (Å²) in [5.41, 5.74) is 5.34. The van der Waals surface area contributed by atoms with Crippen LogP contribution in [0.5, 0.6) is 23.0 Å². The number of hydrogen-bond acceptors (Lipinski definition) is 5.